The van der Waals surface area contributed by atoms with Gasteiger partial charge in [0, 0.05) is 19.0 Å². The van der Waals surface area contributed by atoms with E-state index in [1.54, 1.807) is 0 Å². The molecule has 2 amide bonds. The van der Waals surface area contributed by atoms with Gasteiger partial charge in [-0.15, -0.1) is 0 Å². The molecule has 0 saturated carbocycles. The lowest BCUT2D eigenvalue weighted by atomic mass is 9.95. The SMILES string of the molecule is Cc1cc(C)c(CC(=O)N2CCC(C(N)=O)CC2)cc1C. The van der Waals surface area contributed by atoms with Crippen molar-refractivity contribution in [2.45, 2.75) is 40.0 Å². The van der Waals surface area contributed by atoms with Crippen LogP contribution in [0.4, 0.5) is 0 Å². The van der Waals surface area contributed by atoms with Crippen molar-refractivity contribution in [1.82, 2.24) is 4.90 Å². The zero-order valence-electron chi connectivity index (χ0n) is 13.1. The van der Waals surface area contributed by atoms with Crippen LogP contribution >= 0.6 is 0 Å². The fourth-order valence-electron chi connectivity index (χ4n) is 2.90. The van der Waals surface area contributed by atoms with Crippen molar-refractivity contribution in [1.29, 1.82) is 0 Å². The van der Waals surface area contributed by atoms with Crippen LogP contribution < -0.4 is 5.73 Å². The van der Waals surface area contributed by atoms with E-state index in [1.165, 1.54) is 16.7 Å². The molecule has 1 aliphatic heterocycles. The van der Waals surface area contributed by atoms with E-state index in [1.807, 2.05) is 11.8 Å². The highest BCUT2D eigenvalue weighted by Crippen LogP contribution is 2.20. The zero-order valence-corrected chi connectivity index (χ0v) is 13.1. The molecular formula is C17H24N2O2. The average Bonchev–Trinajstić information content (AvgIpc) is 2.44. The number of carbonyl (C=O) groups excluding carboxylic acids is 2. The Bertz CT molecular complexity index is 558. The summed E-state index contributed by atoms with van der Waals surface area (Å²) in [5.74, 6) is -0.172. The Labute approximate surface area is 126 Å². The highest BCUT2D eigenvalue weighted by atomic mass is 16.2. The number of carbonyl (C=O) groups is 2. The van der Waals surface area contributed by atoms with Crippen molar-refractivity contribution in [3.8, 4) is 0 Å². The van der Waals surface area contributed by atoms with Crippen LogP contribution in [-0.4, -0.2) is 29.8 Å². The number of likely N-dealkylation sites (tertiary alicyclic amines) is 1. The summed E-state index contributed by atoms with van der Waals surface area (Å²) in [5, 5.41) is 0. The Morgan fingerprint density at radius 1 is 1.10 bits per heavy atom. The van der Waals surface area contributed by atoms with Crippen molar-refractivity contribution in [3.05, 3.63) is 34.4 Å². The minimum atomic E-state index is -0.243. The molecule has 1 fully saturated rings. The molecular weight excluding hydrogens is 264 g/mol. The van der Waals surface area contributed by atoms with E-state index >= 15 is 0 Å². The Morgan fingerprint density at radius 3 is 2.24 bits per heavy atom. The normalized spacial score (nSPS) is 16.0. The van der Waals surface area contributed by atoms with Gasteiger partial charge in [0.1, 0.15) is 0 Å². The van der Waals surface area contributed by atoms with Gasteiger partial charge in [-0.25, -0.2) is 0 Å². The summed E-state index contributed by atoms with van der Waals surface area (Å²) in [4.78, 5) is 25.4. The van der Waals surface area contributed by atoms with Crippen molar-refractivity contribution in [3.63, 3.8) is 0 Å². The molecule has 2 N–H and O–H groups in total. The maximum Gasteiger partial charge on any atom is 0.227 e. The van der Waals surface area contributed by atoms with Crippen LogP contribution in [0.15, 0.2) is 12.1 Å². The van der Waals surface area contributed by atoms with E-state index in [9.17, 15) is 9.59 Å². The van der Waals surface area contributed by atoms with Gasteiger partial charge in [-0.1, -0.05) is 12.1 Å². The summed E-state index contributed by atoms with van der Waals surface area (Å²) in [6.07, 6.45) is 1.81. The van der Waals surface area contributed by atoms with Crippen molar-refractivity contribution in [2.24, 2.45) is 11.7 Å². The molecule has 1 aromatic rings. The summed E-state index contributed by atoms with van der Waals surface area (Å²) in [6.45, 7) is 7.48. The first-order valence-electron chi connectivity index (χ1n) is 7.52. The standard InChI is InChI=1S/C17H24N2O2/c1-11-8-13(3)15(9-12(11)2)10-16(20)19-6-4-14(5-7-19)17(18)21/h8-9,14H,4-7,10H2,1-3H3,(H2,18,21). The molecule has 114 valence electrons. The summed E-state index contributed by atoms with van der Waals surface area (Å²) >= 11 is 0. The molecule has 1 aromatic carbocycles. The van der Waals surface area contributed by atoms with E-state index in [4.69, 9.17) is 5.73 Å². The van der Waals surface area contributed by atoms with Gasteiger partial charge in [-0.3, -0.25) is 9.59 Å². The lowest BCUT2D eigenvalue weighted by Gasteiger charge is -2.30. The van der Waals surface area contributed by atoms with Crippen molar-refractivity contribution < 1.29 is 9.59 Å². The molecule has 1 heterocycles. The van der Waals surface area contributed by atoms with Gasteiger partial charge in [-0.2, -0.15) is 0 Å². The van der Waals surface area contributed by atoms with E-state index in [0.717, 1.165) is 5.56 Å². The Morgan fingerprint density at radius 2 is 1.67 bits per heavy atom. The van der Waals surface area contributed by atoms with E-state index in [-0.39, 0.29) is 17.7 Å². The fourth-order valence-corrected chi connectivity index (χ4v) is 2.90. The number of nitrogens with two attached hydrogens (primary N) is 1. The summed E-state index contributed by atoms with van der Waals surface area (Å²) in [7, 11) is 0. The molecule has 0 atom stereocenters. The summed E-state index contributed by atoms with van der Waals surface area (Å²) < 4.78 is 0. The first kappa shape index (κ1) is 15.5. The minimum absolute atomic E-state index is 0.0718. The van der Waals surface area contributed by atoms with Crippen LogP contribution in [0.5, 0.6) is 0 Å². The first-order valence-corrected chi connectivity index (χ1v) is 7.52. The van der Waals surface area contributed by atoms with E-state index in [0.29, 0.717) is 32.4 Å². The summed E-state index contributed by atoms with van der Waals surface area (Å²) in [6, 6.07) is 4.25. The monoisotopic (exact) mass is 288 g/mol. The van der Waals surface area contributed by atoms with Crippen LogP contribution in [0.2, 0.25) is 0 Å². The lowest BCUT2D eigenvalue weighted by molar-refractivity contribution is -0.134. The molecule has 4 nitrogen and oxygen atoms in total. The van der Waals surface area contributed by atoms with Gasteiger partial charge in [-0.05, 0) is 55.9 Å². The number of piperidine rings is 1. The highest BCUT2D eigenvalue weighted by Gasteiger charge is 2.25. The second-order valence-electron chi connectivity index (χ2n) is 6.10. The van der Waals surface area contributed by atoms with E-state index < -0.39 is 0 Å². The summed E-state index contributed by atoms with van der Waals surface area (Å²) in [5.41, 5.74) is 10.1. The highest BCUT2D eigenvalue weighted by molar-refractivity contribution is 5.80. The Kier molecular flexibility index (Phi) is 4.66. The predicted molar refractivity (Wildman–Crippen MR) is 82.9 cm³/mol. The third-order valence-electron chi connectivity index (χ3n) is 4.54. The number of aryl methyl sites for hydroxylation is 3. The van der Waals surface area contributed by atoms with Crippen LogP contribution in [0.1, 0.15) is 35.1 Å². The van der Waals surface area contributed by atoms with Crippen LogP contribution in [-0.2, 0) is 16.0 Å². The first-order chi connectivity index (χ1) is 9.88. The van der Waals surface area contributed by atoms with Crippen molar-refractivity contribution >= 4 is 11.8 Å². The molecule has 21 heavy (non-hydrogen) atoms. The maximum absolute atomic E-state index is 12.4. The van der Waals surface area contributed by atoms with Gasteiger partial charge < -0.3 is 10.6 Å². The van der Waals surface area contributed by atoms with Crippen molar-refractivity contribution in [2.75, 3.05) is 13.1 Å². The molecule has 1 saturated heterocycles. The lowest BCUT2D eigenvalue weighted by Crippen LogP contribution is -2.42. The molecule has 0 aliphatic carbocycles. The van der Waals surface area contributed by atoms with Gasteiger partial charge in [0.05, 0.1) is 6.42 Å². The number of nitrogens with zero attached hydrogens (tertiary/aromatic N) is 1. The number of hydrogen-bond donors (Lipinski definition) is 1. The van der Waals surface area contributed by atoms with Gasteiger partial charge >= 0.3 is 0 Å². The molecule has 0 spiro atoms. The molecule has 1 aliphatic rings. The quantitative estimate of drug-likeness (QED) is 0.923. The molecule has 4 heteroatoms. The zero-order chi connectivity index (χ0) is 15.6. The minimum Gasteiger partial charge on any atom is -0.369 e. The molecule has 0 unspecified atom stereocenters. The number of primary amides is 1. The number of benzene rings is 1. The Balaban J connectivity index is 2.00. The van der Waals surface area contributed by atoms with Crippen LogP contribution in [0.25, 0.3) is 0 Å². The van der Waals surface area contributed by atoms with Crippen LogP contribution in [0, 0.1) is 26.7 Å². The third kappa shape index (κ3) is 3.63. The topological polar surface area (TPSA) is 63.4 Å². The predicted octanol–water partition coefficient (Wildman–Crippen LogP) is 1.88. The van der Waals surface area contributed by atoms with Crippen LogP contribution in [0.3, 0.4) is 0 Å². The van der Waals surface area contributed by atoms with Gasteiger partial charge in [0.25, 0.3) is 0 Å². The second-order valence-corrected chi connectivity index (χ2v) is 6.10. The largest absolute Gasteiger partial charge is 0.369 e. The van der Waals surface area contributed by atoms with E-state index in [2.05, 4.69) is 26.0 Å². The smallest absolute Gasteiger partial charge is 0.227 e. The maximum atomic E-state index is 12.4. The average molecular weight is 288 g/mol. The number of hydrogen-bond acceptors (Lipinski definition) is 2. The Hall–Kier alpha value is -1.84. The number of amides is 2. The molecule has 0 bridgehead atoms. The molecule has 0 aromatic heterocycles. The third-order valence-corrected chi connectivity index (χ3v) is 4.54. The van der Waals surface area contributed by atoms with Gasteiger partial charge in [0.2, 0.25) is 11.8 Å². The molecule has 0 radical (unpaired) electrons. The number of rotatable bonds is 3. The van der Waals surface area contributed by atoms with Gasteiger partial charge in [0.15, 0.2) is 0 Å². The fraction of sp³-hybridized carbons (Fsp3) is 0.529. The second kappa shape index (κ2) is 6.29. The molecule has 2 rings (SSSR count).